The van der Waals surface area contributed by atoms with Gasteiger partial charge in [-0.05, 0) is 36.6 Å². The van der Waals surface area contributed by atoms with Crippen molar-refractivity contribution >= 4 is 17.5 Å². The monoisotopic (exact) mass is 379 g/mol. The van der Waals surface area contributed by atoms with E-state index in [1.54, 1.807) is 12.1 Å². The maximum absolute atomic E-state index is 13.3. The van der Waals surface area contributed by atoms with Gasteiger partial charge in [0.1, 0.15) is 6.04 Å². The van der Waals surface area contributed by atoms with Gasteiger partial charge in [-0.1, -0.05) is 49.7 Å². The van der Waals surface area contributed by atoms with E-state index >= 15 is 0 Å². The van der Waals surface area contributed by atoms with Crippen LogP contribution in [0.5, 0.6) is 0 Å². The molecule has 0 saturated heterocycles. The summed E-state index contributed by atoms with van der Waals surface area (Å²) < 4.78 is 0. The molecule has 1 heterocycles. The maximum atomic E-state index is 13.3. The molecule has 0 fully saturated rings. The van der Waals surface area contributed by atoms with Crippen molar-refractivity contribution in [1.82, 2.24) is 10.2 Å². The summed E-state index contributed by atoms with van der Waals surface area (Å²) in [5.41, 5.74) is 3.95. The SMILES string of the molecule is Cc1ccc(C(=O)NC(C(=O)N2CCN(C)c3ccccc3C2)C(C)C)cc1. The molecule has 2 aromatic rings. The van der Waals surface area contributed by atoms with Crippen LogP contribution in [-0.4, -0.2) is 42.9 Å². The van der Waals surface area contributed by atoms with Crippen LogP contribution in [0.15, 0.2) is 48.5 Å². The molecule has 148 valence electrons. The molecule has 1 aliphatic rings. The average molecular weight is 380 g/mol. The summed E-state index contributed by atoms with van der Waals surface area (Å²) in [5.74, 6) is -0.238. The first kappa shape index (κ1) is 19.9. The predicted octanol–water partition coefficient (Wildman–Crippen LogP) is 3.23. The second kappa shape index (κ2) is 8.46. The van der Waals surface area contributed by atoms with Gasteiger partial charge in [-0.25, -0.2) is 0 Å². The molecule has 0 spiro atoms. The molecular formula is C23H29N3O2. The number of nitrogens with one attached hydrogen (secondary N) is 1. The Morgan fingerprint density at radius 3 is 2.36 bits per heavy atom. The fourth-order valence-corrected chi connectivity index (χ4v) is 3.52. The summed E-state index contributed by atoms with van der Waals surface area (Å²) in [6.07, 6.45) is 0. The van der Waals surface area contributed by atoms with E-state index in [1.807, 2.05) is 57.0 Å². The minimum Gasteiger partial charge on any atom is -0.373 e. The second-order valence-corrected chi connectivity index (χ2v) is 7.87. The van der Waals surface area contributed by atoms with Gasteiger partial charge in [-0.2, -0.15) is 0 Å². The molecule has 2 amide bonds. The summed E-state index contributed by atoms with van der Waals surface area (Å²) in [7, 11) is 2.05. The highest BCUT2D eigenvalue weighted by Crippen LogP contribution is 2.24. The lowest BCUT2D eigenvalue weighted by Crippen LogP contribution is -2.51. The summed E-state index contributed by atoms with van der Waals surface area (Å²) in [4.78, 5) is 30.1. The summed E-state index contributed by atoms with van der Waals surface area (Å²) >= 11 is 0. The Morgan fingerprint density at radius 1 is 1.00 bits per heavy atom. The van der Waals surface area contributed by atoms with E-state index in [4.69, 9.17) is 0 Å². The summed E-state index contributed by atoms with van der Waals surface area (Å²) in [6.45, 7) is 7.87. The summed E-state index contributed by atoms with van der Waals surface area (Å²) in [5, 5.41) is 2.96. The zero-order valence-corrected chi connectivity index (χ0v) is 17.1. The van der Waals surface area contributed by atoms with Crippen LogP contribution in [0, 0.1) is 12.8 Å². The minimum absolute atomic E-state index is 0.00174. The number of carbonyl (C=O) groups is 2. The van der Waals surface area contributed by atoms with Crippen LogP contribution >= 0.6 is 0 Å². The van der Waals surface area contributed by atoms with Gasteiger partial charge in [0.15, 0.2) is 0 Å². The van der Waals surface area contributed by atoms with Gasteiger partial charge >= 0.3 is 0 Å². The first-order chi connectivity index (χ1) is 13.4. The van der Waals surface area contributed by atoms with E-state index in [2.05, 4.69) is 22.3 Å². The number of fused-ring (bicyclic) bond motifs is 1. The fraction of sp³-hybridized carbons (Fsp3) is 0.391. The number of rotatable bonds is 4. The zero-order valence-electron chi connectivity index (χ0n) is 17.1. The molecule has 0 saturated carbocycles. The number of para-hydroxylation sites is 1. The molecule has 5 nitrogen and oxygen atoms in total. The van der Waals surface area contributed by atoms with E-state index in [0.29, 0.717) is 18.7 Å². The van der Waals surface area contributed by atoms with Crippen molar-refractivity contribution in [3.8, 4) is 0 Å². The van der Waals surface area contributed by atoms with Gasteiger partial charge in [0.05, 0.1) is 0 Å². The van der Waals surface area contributed by atoms with E-state index in [-0.39, 0.29) is 17.7 Å². The first-order valence-corrected chi connectivity index (χ1v) is 9.82. The molecule has 1 aliphatic heterocycles. The number of nitrogens with zero attached hydrogens (tertiary/aromatic N) is 2. The van der Waals surface area contributed by atoms with Crippen LogP contribution in [-0.2, 0) is 11.3 Å². The van der Waals surface area contributed by atoms with Crippen molar-refractivity contribution in [2.75, 3.05) is 25.0 Å². The van der Waals surface area contributed by atoms with Gasteiger partial charge in [-0.3, -0.25) is 9.59 Å². The van der Waals surface area contributed by atoms with Crippen molar-refractivity contribution in [3.05, 3.63) is 65.2 Å². The first-order valence-electron chi connectivity index (χ1n) is 9.82. The quantitative estimate of drug-likeness (QED) is 0.887. The molecule has 0 aromatic heterocycles. The lowest BCUT2D eigenvalue weighted by molar-refractivity contribution is -0.134. The van der Waals surface area contributed by atoms with Crippen molar-refractivity contribution in [3.63, 3.8) is 0 Å². The van der Waals surface area contributed by atoms with Crippen LogP contribution in [0.2, 0.25) is 0 Å². The Balaban J connectivity index is 1.77. The number of carbonyl (C=O) groups excluding carboxylic acids is 2. The molecule has 0 aliphatic carbocycles. The summed E-state index contributed by atoms with van der Waals surface area (Å²) in [6, 6.07) is 15.0. The third-order valence-corrected chi connectivity index (χ3v) is 5.31. The van der Waals surface area contributed by atoms with Gasteiger partial charge < -0.3 is 15.1 Å². The van der Waals surface area contributed by atoms with Crippen LogP contribution in [0.3, 0.4) is 0 Å². The van der Waals surface area contributed by atoms with Gasteiger partial charge in [-0.15, -0.1) is 0 Å². The largest absolute Gasteiger partial charge is 0.373 e. The standard InChI is InChI=1S/C23H29N3O2/c1-16(2)21(24-22(27)18-11-9-17(3)10-12-18)23(28)26-14-13-25(4)20-8-6-5-7-19(20)15-26/h5-12,16,21H,13-15H2,1-4H3,(H,24,27). The highest BCUT2D eigenvalue weighted by molar-refractivity contribution is 5.97. The molecule has 28 heavy (non-hydrogen) atoms. The molecule has 1 unspecified atom stereocenters. The molecule has 0 radical (unpaired) electrons. The van der Waals surface area contributed by atoms with E-state index in [0.717, 1.165) is 23.4 Å². The molecule has 5 heteroatoms. The van der Waals surface area contributed by atoms with Gasteiger partial charge in [0, 0.05) is 37.9 Å². The molecule has 1 N–H and O–H groups in total. The minimum atomic E-state index is -0.552. The zero-order chi connectivity index (χ0) is 20.3. The Hall–Kier alpha value is -2.82. The lowest BCUT2D eigenvalue weighted by atomic mass is 10.0. The lowest BCUT2D eigenvalue weighted by Gasteiger charge is -2.29. The Morgan fingerprint density at radius 2 is 1.68 bits per heavy atom. The highest BCUT2D eigenvalue weighted by Gasteiger charge is 2.30. The van der Waals surface area contributed by atoms with E-state index in [9.17, 15) is 9.59 Å². The third-order valence-electron chi connectivity index (χ3n) is 5.31. The number of hydrogen-bond acceptors (Lipinski definition) is 3. The van der Waals surface area contributed by atoms with Crippen LogP contribution < -0.4 is 10.2 Å². The molecule has 3 rings (SSSR count). The van der Waals surface area contributed by atoms with Crippen molar-refractivity contribution in [2.24, 2.45) is 5.92 Å². The van der Waals surface area contributed by atoms with Crippen molar-refractivity contribution < 1.29 is 9.59 Å². The van der Waals surface area contributed by atoms with E-state index < -0.39 is 6.04 Å². The predicted molar refractivity (Wildman–Crippen MR) is 112 cm³/mol. The van der Waals surface area contributed by atoms with Crippen LogP contribution in [0.4, 0.5) is 5.69 Å². The molecule has 2 aromatic carbocycles. The van der Waals surface area contributed by atoms with Gasteiger partial charge in [0.25, 0.3) is 5.91 Å². The smallest absolute Gasteiger partial charge is 0.251 e. The van der Waals surface area contributed by atoms with Crippen LogP contribution in [0.25, 0.3) is 0 Å². The Kier molecular flexibility index (Phi) is 6.02. The molecule has 0 bridgehead atoms. The number of anilines is 1. The fourth-order valence-electron chi connectivity index (χ4n) is 3.52. The number of benzene rings is 2. The van der Waals surface area contributed by atoms with Crippen LogP contribution in [0.1, 0.15) is 35.3 Å². The Labute approximate surface area is 167 Å². The molecule has 1 atom stereocenters. The van der Waals surface area contributed by atoms with Crippen molar-refractivity contribution in [2.45, 2.75) is 33.4 Å². The van der Waals surface area contributed by atoms with E-state index in [1.165, 1.54) is 0 Å². The topological polar surface area (TPSA) is 52.7 Å². The number of aryl methyl sites for hydroxylation is 1. The van der Waals surface area contributed by atoms with Gasteiger partial charge in [0.2, 0.25) is 5.91 Å². The number of hydrogen-bond donors (Lipinski definition) is 1. The normalized spacial score (nSPS) is 15.0. The molecular weight excluding hydrogens is 350 g/mol. The maximum Gasteiger partial charge on any atom is 0.251 e. The average Bonchev–Trinajstić information content (AvgIpc) is 2.85. The third kappa shape index (κ3) is 4.35. The highest BCUT2D eigenvalue weighted by atomic mass is 16.2. The second-order valence-electron chi connectivity index (χ2n) is 7.87. The van der Waals surface area contributed by atoms with Crippen molar-refractivity contribution in [1.29, 1.82) is 0 Å². The number of likely N-dealkylation sites (N-methyl/N-ethyl adjacent to an activating group) is 1. The number of amides is 2. The Bertz CT molecular complexity index is 845.